The van der Waals surface area contributed by atoms with E-state index in [1.165, 1.54) is 6.33 Å². The van der Waals surface area contributed by atoms with Gasteiger partial charge in [0.05, 0.1) is 18.0 Å². The van der Waals surface area contributed by atoms with E-state index in [0.29, 0.717) is 11.6 Å². The summed E-state index contributed by atoms with van der Waals surface area (Å²) in [6, 6.07) is 7.65. The van der Waals surface area contributed by atoms with E-state index >= 15 is 0 Å². The van der Waals surface area contributed by atoms with Crippen LogP contribution in [0.2, 0.25) is 5.15 Å². The van der Waals surface area contributed by atoms with Crippen molar-refractivity contribution in [1.82, 2.24) is 9.97 Å². The van der Waals surface area contributed by atoms with Crippen molar-refractivity contribution in [2.75, 3.05) is 0 Å². The van der Waals surface area contributed by atoms with Gasteiger partial charge < -0.3 is 0 Å². The molecule has 0 bridgehead atoms. The van der Waals surface area contributed by atoms with Crippen molar-refractivity contribution in [3.8, 4) is 6.07 Å². The lowest BCUT2D eigenvalue weighted by molar-refractivity contribution is 1.21. The molecule has 1 aromatic heterocycles. The van der Waals surface area contributed by atoms with Crippen LogP contribution in [-0.4, -0.2) is 9.97 Å². The smallest absolute Gasteiger partial charge is 0.140 e. The molecule has 3 nitrogen and oxygen atoms in total. The van der Waals surface area contributed by atoms with Gasteiger partial charge in [0.2, 0.25) is 0 Å². The van der Waals surface area contributed by atoms with E-state index < -0.39 is 0 Å². The van der Waals surface area contributed by atoms with Crippen LogP contribution in [0.25, 0.3) is 10.9 Å². The van der Waals surface area contributed by atoms with Crippen LogP contribution in [0.1, 0.15) is 5.56 Å². The number of nitrogens with zero attached hydrogens (tertiary/aromatic N) is 3. The van der Waals surface area contributed by atoms with Gasteiger partial charge in [-0.25, -0.2) is 9.97 Å². The van der Waals surface area contributed by atoms with Crippen LogP contribution in [0, 0.1) is 11.3 Å². The molecule has 0 fully saturated rings. The SMILES string of the molecule is N#CCc1ccc2ncnc(Cl)c2c1. The van der Waals surface area contributed by atoms with Crippen LogP contribution in [0.4, 0.5) is 0 Å². The second-order valence-corrected chi connectivity index (χ2v) is 3.21. The Bertz CT molecular complexity index is 516. The standard InChI is InChI=1S/C10H6ClN3/c11-10-8-5-7(3-4-12)1-2-9(8)13-6-14-10/h1-2,5-6H,3H2. The van der Waals surface area contributed by atoms with E-state index in [1.54, 1.807) is 0 Å². The van der Waals surface area contributed by atoms with Crippen LogP contribution in [-0.2, 0) is 6.42 Å². The number of aromatic nitrogens is 2. The van der Waals surface area contributed by atoms with Crippen LogP contribution < -0.4 is 0 Å². The Kier molecular flexibility index (Phi) is 2.30. The fourth-order valence-corrected chi connectivity index (χ4v) is 1.47. The van der Waals surface area contributed by atoms with Gasteiger partial charge in [0.15, 0.2) is 0 Å². The highest BCUT2D eigenvalue weighted by molar-refractivity contribution is 6.34. The summed E-state index contributed by atoms with van der Waals surface area (Å²) in [5.41, 5.74) is 1.73. The zero-order chi connectivity index (χ0) is 9.97. The highest BCUT2D eigenvalue weighted by atomic mass is 35.5. The Morgan fingerprint density at radius 3 is 3.00 bits per heavy atom. The lowest BCUT2D eigenvalue weighted by atomic mass is 10.1. The minimum absolute atomic E-state index is 0.376. The normalized spacial score (nSPS) is 10.0. The summed E-state index contributed by atoms with van der Waals surface area (Å²) in [6.07, 6.45) is 1.80. The minimum atomic E-state index is 0.376. The fraction of sp³-hybridized carbons (Fsp3) is 0.100. The number of rotatable bonds is 1. The molecule has 0 saturated heterocycles. The number of fused-ring (bicyclic) bond motifs is 1. The van der Waals surface area contributed by atoms with Crippen LogP contribution in [0.5, 0.6) is 0 Å². The molecular weight excluding hydrogens is 198 g/mol. The summed E-state index contributed by atoms with van der Waals surface area (Å²) in [7, 11) is 0. The maximum absolute atomic E-state index is 8.55. The van der Waals surface area contributed by atoms with Crippen molar-refractivity contribution in [3.63, 3.8) is 0 Å². The molecule has 0 amide bonds. The van der Waals surface area contributed by atoms with Gasteiger partial charge in [0.25, 0.3) is 0 Å². The van der Waals surface area contributed by atoms with Crippen molar-refractivity contribution in [1.29, 1.82) is 5.26 Å². The molecule has 4 heteroatoms. The maximum Gasteiger partial charge on any atom is 0.140 e. The maximum atomic E-state index is 8.55. The topological polar surface area (TPSA) is 49.6 Å². The monoisotopic (exact) mass is 203 g/mol. The van der Waals surface area contributed by atoms with Crippen molar-refractivity contribution >= 4 is 22.5 Å². The van der Waals surface area contributed by atoms with Gasteiger partial charge >= 0.3 is 0 Å². The van der Waals surface area contributed by atoms with Crippen molar-refractivity contribution in [2.24, 2.45) is 0 Å². The Hall–Kier alpha value is -1.66. The molecule has 0 aliphatic heterocycles. The minimum Gasteiger partial charge on any atom is -0.236 e. The first-order valence-electron chi connectivity index (χ1n) is 4.07. The summed E-state index contributed by atoms with van der Waals surface area (Å²) in [5, 5.41) is 9.77. The largest absolute Gasteiger partial charge is 0.236 e. The summed E-state index contributed by atoms with van der Waals surface area (Å²) in [6.45, 7) is 0. The number of benzene rings is 1. The highest BCUT2D eigenvalue weighted by Crippen LogP contribution is 2.20. The van der Waals surface area contributed by atoms with E-state index in [0.717, 1.165) is 16.5 Å². The van der Waals surface area contributed by atoms with Crippen molar-refractivity contribution in [2.45, 2.75) is 6.42 Å². The Labute approximate surface area is 86.0 Å². The molecule has 68 valence electrons. The van der Waals surface area contributed by atoms with Crippen molar-refractivity contribution in [3.05, 3.63) is 35.2 Å². The van der Waals surface area contributed by atoms with Gasteiger partial charge in [-0.1, -0.05) is 17.7 Å². The van der Waals surface area contributed by atoms with E-state index in [-0.39, 0.29) is 0 Å². The van der Waals surface area contributed by atoms with Gasteiger partial charge in [0.1, 0.15) is 11.5 Å². The molecule has 0 radical (unpaired) electrons. The first-order chi connectivity index (χ1) is 6.81. The van der Waals surface area contributed by atoms with E-state index in [1.807, 2.05) is 18.2 Å². The molecular formula is C10H6ClN3. The van der Waals surface area contributed by atoms with E-state index in [2.05, 4.69) is 16.0 Å². The number of halogens is 1. The molecule has 2 rings (SSSR count). The third-order valence-electron chi connectivity index (χ3n) is 1.93. The summed E-state index contributed by atoms with van der Waals surface area (Å²) < 4.78 is 0. The predicted octanol–water partition coefficient (Wildman–Crippen LogP) is 2.35. The van der Waals surface area contributed by atoms with E-state index in [9.17, 15) is 0 Å². The van der Waals surface area contributed by atoms with Gasteiger partial charge in [-0.15, -0.1) is 0 Å². The predicted molar refractivity (Wildman–Crippen MR) is 53.9 cm³/mol. The molecule has 2 aromatic rings. The van der Waals surface area contributed by atoms with Crippen LogP contribution >= 0.6 is 11.6 Å². The molecule has 0 N–H and O–H groups in total. The van der Waals surface area contributed by atoms with E-state index in [4.69, 9.17) is 16.9 Å². The lowest BCUT2D eigenvalue weighted by Crippen LogP contribution is -1.86. The Balaban J connectivity index is 2.65. The van der Waals surface area contributed by atoms with Gasteiger partial charge in [-0.2, -0.15) is 5.26 Å². The second-order valence-electron chi connectivity index (χ2n) is 2.85. The second kappa shape index (κ2) is 3.60. The third-order valence-corrected chi connectivity index (χ3v) is 2.24. The molecule has 0 aliphatic rings. The summed E-state index contributed by atoms with van der Waals surface area (Å²) in [4.78, 5) is 7.94. The average Bonchev–Trinajstić information content (AvgIpc) is 2.20. The average molecular weight is 204 g/mol. The fourth-order valence-electron chi connectivity index (χ4n) is 1.27. The van der Waals surface area contributed by atoms with Gasteiger partial charge in [0, 0.05) is 5.39 Å². The molecule has 0 spiro atoms. The summed E-state index contributed by atoms with van der Waals surface area (Å²) in [5.74, 6) is 0. The Morgan fingerprint density at radius 1 is 1.36 bits per heavy atom. The zero-order valence-electron chi connectivity index (χ0n) is 7.24. The molecule has 0 unspecified atom stereocenters. The number of nitriles is 1. The zero-order valence-corrected chi connectivity index (χ0v) is 7.99. The third kappa shape index (κ3) is 1.52. The first-order valence-corrected chi connectivity index (χ1v) is 4.45. The molecule has 1 aromatic carbocycles. The molecule has 0 aliphatic carbocycles. The Morgan fingerprint density at radius 2 is 2.21 bits per heavy atom. The van der Waals surface area contributed by atoms with Gasteiger partial charge in [-0.05, 0) is 17.7 Å². The van der Waals surface area contributed by atoms with Gasteiger partial charge in [-0.3, -0.25) is 0 Å². The quantitative estimate of drug-likeness (QED) is 0.669. The number of hydrogen-bond acceptors (Lipinski definition) is 3. The molecule has 1 heterocycles. The molecule has 14 heavy (non-hydrogen) atoms. The van der Waals surface area contributed by atoms with Crippen LogP contribution in [0.3, 0.4) is 0 Å². The first kappa shape index (κ1) is 8.92. The number of hydrogen-bond donors (Lipinski definition) is 0. The molecule has 0 atom stereocenters. The van der Waals surface area contributed by atoms with Crippen molar-refractivity contribution < 1.29 is 0 Å². The summed E-state index contributed by atoms with van der Waals surface area (Å²) >= 11 is 5.90. The lowest BCUT2D eigenvalue weighted by Gasteiger charge is -2.00. The highest BCUT2D eigenvalue weighted by Gasteiger charge is 2.01. The molecule has 0 saturated carbocycles. The van der Waals surface area contributed by atoms with Crippen LogP contribution in [0.15, 0.2) is 24.5 Å².